The lowest BCUT2D eigenvalue weighted by Crippen LogP contribution is -2.23. The highest BCUT2D eigenvalue weighted by atomic mass is 127. The van der Waals surface area contributed by atoms with Crippen molar-refractivity contribution in [3.63, 3.8) is 0 Å². The van der Waals surface area contributed by atoms with Crippen molar-refractivity contribution in [3.8, 4) is 0 Å². The fraction of sp³-hybridized carbons (Fsp3) is 0.429. The number of alkyl halides is 1. The maximum atomic E-state index is 5.37. The highest BCUT2D eigenvalue weighted by Gasteiger charge is 2.08. The third-order valence-electron chi connectivity index (χ3n) is 1.45. The summed E-state index contributed by atoms with van der Waals surface area (Å²) in [5.74, 6) is 0. The van der Waals surface area contributed by atoms with Gasteiger partial charge in [0, 0.05) is 4.43 Å². The van der Waals surface area contributed by atoms with Gasteiger partial charge in [-0.15, -0.1) is 0 Å². The van der Waals surface area contributed by atoms with Crippen LogP contribution in [0.25, 0.3) is 0 Å². The Hall–Kier alpha value is 0.227. The van der Waals surface area contributed by atoms with Crippen LogP contribution < -0.4 is 5.38 Å². The lowest BCUT2D eigenvalue weighted by atomic mass is 10.4. The number of hydrogen-bond donors (Lipinski definition) is 0. The van der Waals surface area contributed by atoms with Gasteiger partial charge in [0.25, 0.3) is 0 Å². The van der Waals surface area contributed by atoms with E-state index in [0.717, 1.165) is 4.43 Å². The van der Waals surface area contributed by atoms with E-state index < -0.39 is 8.80 Å². The van der Waals surface area contributed by atoms with E-state index in [2.05, 4.69) is 41.8 Å². The zero-order valence-corrected chi connectivity index (χ0v) is 9.54. The lowest BCUT2D eigenvalue weighted by molar-refractivity contribution is 0.598. The summed E-state index contributed by atoms with van der Waals surface area (Å²) in [5, 5.41) is 1.27. The standard InChI is InChI=1S/C7H11IOSi/c1-10(2)7-6(5-8)3-4-9-7/h3-4,10H,5H2,1-2H3. The van der Waals surface area contributed by atoms with Crippen molar-refractivity contribution in [1.29, 1.82) is 0 Å². The summed E-state index contributed by atoms with van der Waals surface area (Å²) in [4.78, 5) is 0. The van der Waals surface area contributed by atoms with Gasteiger partial charge < -0.3 is 4.42 Å². The van der Waals surface area contributed by atoms with Crippen LogP contribution in [0.4, 0.5) is 0 Å². The first kappa shape index (κ1) is 8.32. The van der Waals surface area contributed by atoms with Gasteiger partial charge in [0.2, 0.25) is 0 Å². The fourth-order valence-electron chi connectivity index (χ4n) is 0.965. The van der Waals surface area contributed by atoms with Gasteiger partial charge in [-0.3, -0.25) is 0 Å². The summed E-state index contributed by atoms with van der Waals surface area (Å²) in [6, 6.07) is 2.08. The van der Waals surface area contributed by atoms with E-state index in [1.807, 2.05) is 0 Å². The monoisotopic (exact) mass is 266 g/mol. The molecule has 0 unspecified atom stereocenters. The van der Waals surface area contributed by atoms with Crippen LogP contribution in [0.5, 0.6) is 0 Å². The van der Waals surface area contributed by atoms with Crippen LogP contribution >= 0.6 is 22.6 Å². The lowest BCUT2D eigenvalue weighted by Gasteiger charge is -1.99. The Morgan fingerprint density at radius 1 is 1.60 bits per heavy atom. The Labute approximate surface area is 76.6 Å². The van der Waals surface area contributed by atoms with Crippen LogP contribution in [0.2, 0.25) is 13.1 Å². The number of furan rings is 1. The maximum absolute atomic E-state index is 5.37. The molecule has 0 N–H and O–H groups in total. The molecule has 0 amide bonds. The molecule has 0 spiro atoms. The zero-order chi connectivity index (χ0) is 7.56. The summed E-state index contributed by atoms with van der Waals surface area (Å²) in [6.07, 6.45) is 1.80. The molecule has 0 aliphatic heterocycles. The van der Waals surface area contributed by atoms with Gasteiger partial charge in [-0.25, -0.2) is 0 Å². The molecule has 0 atom stereocenters. The highest BCUT2D eigenvalue weighted by Crippen LogP contribution is 2.04. The summed E-state index contributed by atoms with van der Waals surface area (Å²) >= 11 is 2.37. The fourth-order valence-corrected chi connectivity index (χ4v) is 3.30. The normalized spacial score (nSPS) is 10.8. The van der Waals surface area contributed by atoms with Gasteiger partial charge in [-0.1, -0.05) is 35.7 Å². The van der Waals surface area contributed by atoms with Crippen molar-refractivity contribution in [2.24, 2.45) is 0 Å². The van der Waals surface area contributed by atoms with Gasteiger partial charge in [0.15, 0.2) is 0 Å². The summed E-state index contributed by atoms with van der Waals surface area (Å²) < 4.78 is 6.45. The second-order valence-electron chi connectivity index (χ2n) is 2.60. The number of hydrogen-bond acceptors (Lipinski definition) is 1. The minimum Gasteiger partial charge on any atom is -0.475 e. The first-order valence-electron chi connectivity index (χ1n) is 3.38. The molecule has 1 nitrogen and oxygen atoms in total. The van der Waals surface area contributed by atoms with Crippen LogP contribution in [0, 0.1) is 0 Å². The second-order valence-corrected chi connectivity index (χ2v) is 6.19. The number of halogens is 1. The third kappa shape index (κ3) is 1.63. The first-order valence-corrected chi connectivity index (χ1v) is 7.79. The maximum Gasteiger partial charge on any atom is 0.110 e. The Morgan fingerprint density at radius 2 is 2.30 bits per heavy atom. The Balaban J connectivity index is 2.90. The zero-order valence-electron chi connectivity index (χ0n) is 6.23. The van der Waals surface area contributed by atoms with Crippen molar-refractivity contribution in [1.82, 2.24) is 0 Å². The van der Waals surface area contributed by atoms with Crippen LogP contribution in [-0.2, 0) is 4.43 Å². The van der Waals surface area contributed by atoms with Gasteiger partial charge >= 0.3 is 0 Å². The molecule has 0 aliphatic rings. The molecular formula is C7H11IOSi. The molecule has 0 bridgehead atoms. The van der Waals surface area contributed by atoms with Gasteiger partial charge in [0.05, 0.1) is 11.6 Å². The largest absolute Gasteiger partial charge is 0.475 e. The minimum atomic E-state index is -0.708. The van der Waals surface area contributed by atoms with Crippen LogP contribution in [0.3, 0.4) is 0 Å². The van der Waals surface area contributed by atoms with E-state index in [1.54, 1.807) is 6.26 Å². The van der Waals surface area contributed by atoms with Crippen molar-refractivity contribution in [2.45, 2.75) is 17.5 Å². The number of rotatable bonds is 2. The molecule has 1 aromatic rings. The van der Waals surface area contributed by atoms with Gasteiger partial charge in [0.1, 0.15) is 8.80 Å². The predicted octanol–water partition coefficient (Wildman–Crippen LogP) is 1.91. The van der Waals surface area contributed by atoms with Crippen molar-refractivity contribution < 1.29 is 4.42 Å². The topological polar surface area (TPSA) is 13.1 Å². The quantitative estimate of drug-likeness (QED) is 0.453. The van der Waals surface area contributed by atoms with Gasteiger partial charge in [-0.05, 0) is 11.6 Å². The van der Waals surface area contributed by atoms with E-state index in [4.69, 9.17) is 4.42 Å². The molecule has 3 heteroatoms. The molecule has 1 heterocycles. The minimum absolute atomic E-state index is 0.708. The molecular weight excluding hydrogens is 255 g/mol. The SMILES string of the molecule is C[SiH](C)c1occc1CI. The van der Waals surface area contributed by atoms with Crippen LogP contribution in [0.1, 0.15) is 5.56 Å². The van der Waals surface area contributed by atoms with Crippen molar-refractivity contribution in [2.75, 3.05) is 0 Å². The van der Waals surface area contributed by atoms with Crippen LogP contribution in [-0.4, -0.2) is 8.80 Å². The highest BCUT2D eigenvalue weighted by molar-refractivity contribution is 14.1. The molecule has 0 radical (unpaired) electrons. The van der Waals surface area contributed by atoms with E-state index in [9.17, 15) is 0 Å². The molecule has 1 rings (SSSR count). The average molecular weight is 266 g/mol. The molecule has 10 heavy (non-hydrogen) atoms. The Bertz CT molecular complexity index is 207. The average Bonchev–Trinajstić information content (AvgIpc) is 2.33. The molecule has 0 saturated carbocycles. The summed E-state index contributed by atoms with van der Waals surface area (Å²) in [5.41, 5.74) is 1.39. The molecule has 0 aliphatic carbocycles. The molecule has 0 saturated heterocycles. The smallest absolute Gasteiger partial charge is 0.110 e. The van der Waals surface area contributed by atoms with E-state index in [0.29, 0.717) is 0 Å². The van der Waals surface area contributed by atoms with Crippen LogP contribution in [0.15, 0.2) is 16.7 Å². The first-order chi connectivity index (χ1) is 4.75. The molecule has 56 valence electrons. The van der Waals surface area contributed by atoms with Crippen molar-refractivity contribution in [3.05, 3.63) is 17.9 Å². The second kappa shape index (κ2) is 3.57. The molecule has 0 fully saturated rings. The Morgan fingerprint density at radius 3 is 2.70 bits per heavy atom. The Kier molecular flexibility index (Phi) is 2.97. The van der Waals surface area contributed by atoms with Gasteiger partial charge in [-0.2, -0.15) is 0 Å². The summed E-state index contributed by atoms with van der Waals surface area (Å²) in [7, 11) is -0.708. The molecule has 1 aromatic heterocycles. The van der Waals surface area contributed by atoms with E-state index in [-0.39, 0.29) is 0 Å². The third-order valence-corrected chi connectivity index (χ3v) is 3.83. The van der Waals surface area contributed by atoms with Crippen molar-refractivity contribution >= 4 is 36.8 Å². The predicted molar refractivity (Wildman–Crippen MR) is 54.9 cm³/mol. The molecule has 0 aromatic carbocycles. The summed E-state index contributed by atoms with van der Waals surface area (Å²) in [6.45, 7) is 4.57. The van der Waals surface area contributed by atoms with E-state index in [1.165, 1.54) is 10.9 Å². The van der Waals surface area contributed by atoms with E-state index >= 15 is 0 Å².